The van der Waals surface area contributed by atoms with Gasteiger partial charge >= 0.3 is 35.9 Å². The number of amides is 3. The topological polar surface area (TPSA) is 225 Å². The molecule has 0 aromatic heterocycles. The van der Waals surface area contributed by atoms with Gasteiger partial charge in [-0.3, -0.25) is 28.9 Å². The van der Waals surface area contributed by atoms with Gasteiger partial charge in [-0.25, -0.2) is 14.5 Å². The van der Waals surface area contributed by atoms with Crippen LogP contribution in [0, 0.1) is 29.6 Å². The summed E-state index contributed by atoms with van der Waals surface area (Å²) in [6, 6.07) is 22.4. The molecule has 3 heterocycles. The number of morpholine rings is 1. The number of nitrogens with one attached hydrogen (secondary N) is 1. The highest BCUT2D eigenvalue weighted by Gasteiger charge is 2.76. The van der Waals surface area contributed by atoms with Gasteiger partial charge in [0.25, 0.3) is 0 Å². The van der Waals surface area contributed by atoms with Crippen molar-refractivity contribution in [3.05, 3.63) is 131 Å². The molecule has 4 aromatic carbocycles. The number of anilines is 1. The molecule has 3 aliphatic heterocycles. The number of imide groups is 1. The third-order valence-corrected chi connectivity index (χ3v) is 12.4. The molecule has 0 aliphatic carbocycles. The number of fused-ring (bicyclic) bond motifs is 3. The van der Waals surface area contributed by atoms with Crippen LogP contribution in [0.2, 0.25) is 0 Å². The zero-order valence-corrected chi connectivity index (χ0v) is 37.2. The number of nitrogens with zero attached hydrogens (tertiary/aromatic N) is 2. The number of carboxylic acid groups (broad SMARTS) is 1. The summed E-state index contributed by atoms with van der Waals surface area (Å²) in [5.74, 6) is -3.92. The Morgan fingerprint density at radius 2 is 1.40 bits per heavy atom. The van der Waals surface area contributed by atoms with Crippen molar-refractivity contribution in [2.75, 3.05) is 39.4 Å². The van der Waals surface area contributed by atoms with Crippen molar-refractivity contribution >= 4 is 47.5 Å². The van der Waals surface area contributed by atoms with Gasteiger partial charge in [-0.1, -0.05) is 98.5 Å². The molecule has 348 valence electrons. The zero-order valence-electron chi connectivity index (χ0n) is 37.2. The van der Waals surface area contributed by atoms with Crippen LogP contribution in [0.5, 0.6) is 5.75 Å². The Bertz CT molecular complexity index is 2590. The molecule has 0 radical (unpaired) electrons. The average molecular weight is 916 g/mol. The summed E-state index contributed by atoms with van der Waals surface area (Å²) >= 11 is 0. The second-order valence-corrected chi connectivity index (χ2v) is 16.4. The van der Waals surface area contributed by atoms with E-state index >= 15 is 4.79 Å². The summed E-state index contributed by atoms with van der Waals surface area (Å²) in [5, 5.41) is 23.8. The molecule has 1 spiro atoms. The Morgan fingerprint density at radius 1 is 0.791 bits per heavy atom. The molecule has 7 unspecified atom stereocenters. The first-order valence-electron chi connectivity index (χ1n) is 21.4. The van der Waals surface area contributed by atoms with Crippen molar-refractivity contribution in [3.63, 3.8) is 0 Å². The molecular weight excluding hydrogens is 867 g/mol. The van der Waals surface area contributed by atoms with Crippen LogP contribution in [-0.2, 0) is 53.1 Å². The fraction of sp³-hybridized carbons (Fsp3) is 0.340. The van der Waals surface area contributed by atoms with Crippen LogP contribution in [0.25, 0.3) is 0 Å². The van der Waals surface area contributed by atoms with E-state index in [1.54, 1.807) is 91.5 Å². The molecule has 7 rings (SSSR count). The van der Waals surface area contributed by atoms with E-state index in [2.05, 4.69) is 17.2 Å². The lowest BCUT2D eigenvalue weighted by atomic mass is 9.65. The van der Waals surface area contributed by atoms with Crippen molar-refractivity contribution in [2.45, 2.75) is 56.0 Å². The van der Waals surface area contributed by atoms with Crippen LogP contribution >= 0.6 is 0 Å². The molecule has 0 bridgehead atoms. The minimum absolute atomic E-state index is 0.000573. The second kappa shape index (κ2) is 19.9. The molecule has 3 aliphatic rings. The minimum atomic E-state index is -2.34. The number of aliphatic carboxylic acids is 1. The number of aliphatic hydroxyl groups excluding tert-OH is 1. The van der Waals surface area contributed by atoms with Gasteiger partial charge in [0, 0.05) is 12.0 Å². The fourth-order valence-electron chi connectivity index (χ4n) is 9.50. The molecule has 7 atom stereocenters. The standard InChI is InChI=1S/C50H49N3O14/c1-28(2)38(46(59)65-5)51-49(62)52-36-24-19-29(13-12-18-34(44(57)63-3)45(58)64-4)27-35(36)50(48(52)61)37(43(55)56)40-47(60)67-41(31-16-10-7-11-17-31)39(30-14-8-6-9-15-30)53(40)42(50)32-20-22-33(23-21-32)66-26-25-54/h6-11,14-17,19-24,27-28,34,37-42,54H,18,25-26H2,1-5H3,(H,51,62)(H,55,56). The van der Waals surface area contributed by atoms with Gasteiger partial charge in [0.2, 0.25) is 5.91 Å². The maximum absolute atomic E-state index is 16.1. The molecule has 17 heteroatoms. The second-order valence-electron chi connectivity index (χ2n) is 16.4. The third-order valence-electron chi connectivity index (χ3n) is 12.4. The number of carboxylic acids is 1. The van der Waals surface area contributed by atoms with Gasteiger partial charge in [0.1, 0.15) is 41.9 Å². The largest absolute Gasteiger partial charge is 0.491 e. The summed E-state index contributed by atoms with van der Waals surface area (Å²) in [6.07, 6.45) is -1.38. The van der Waals surface area contributed by atoms with Crippen LogP contribution in [0.3, 0.4) is 0 Å². The number of esters is 4. The lowest BCUT2D eigenvalue weighted by molar-refractivity contribution is -0.179. The number of urea groups is 1. The lowest BCUT2D eigenvalue weighted by Crippen LogP contribution is -2.56. The number of rotatable bonds is 13. The predicted molar refractivity (Wildman–Crippen MR) is 237 cm³/mol. The van der Waals surface area contributed by atoms with E-state index < -0.39 is 95.2 Å². The summed E-state index contributed by atoms with van der Waals surface area (Å²) in [6.45, 7) is 3.01. The summed E-state index contributed by atoms with van der Waals surface area (Å²) in [5.41, 5.74) is -0.679. The van der Waals surface area contributed by atoms with E-state index in [-0.39, 0.29) is 36.4 Å². The number of carbonyl (C=O) groups is 7. The predicted octanol–water partition coefficient (Wildman–Crippen LogP) is 4.42. The molecule has 3 amide bonds. The monoisotopic (exact) mass is 915 g/mol. The quantitative estimate of drug-likeness (QED) is 0.0731. The molecule has 0 saturated carbocycles. The highest BCUT2D eigenvalue weighted by Crippen LogP contribution is 2.66. The van der Waals surface area contributed by atoms with E-state index in [4.69, 9.17) is 23.7 Å². The molecule has 67 heavy (non-hydrogen) atoms. The first-order chi connectivity index (χ1) is 32.2. The van der Waals surface area contributed by atoms with E-state index in [0.29, 0.717) is 22.4 Å². The van der Waals surface area contributed by atoms with E-state index in [0.717, 1.165) is 26.2 Å². The number of benzene rings is 4. The summed E-state index contributed by atoms with van der Waals surface area (Å²) < 4.78 is 26.6. The van der Waals surface area contributed by atoms with Gasteiger partial charge in [-0.05, 0) is 58.5 Å². The Labute approximate surface area is 385 Å². The van der Waals surface area contributed by atoms with Crippen molar-refractivity contribution in [1.29, 1.82) is 0 Å². The van der Waals surface area contributed by atoms with Crippen molar-refractivity contribution in [3.8, 4) is 17.6 Å². The number of aliphatic hydroxyl groups is 1. The van der Waals surface area contributed by atoms with Gasteiger partial charge in [0.15, 0.2) is 5.92 Å². The highest BCUT2D eigenvalue weighted by atomic mass is 16.6. The Hall–Kier alpha value is -7.55. The van der Waals surface area contributed by atoms with Crippen molar-refractivity contribution in [2.24, 2.45) is 17.8 Å². The fourth-order valence-corrected chi connectivity index (χ4v) is 9.50. The van der Waals surface area contributed by atoms with Gasteiger partial charge in [-0.15, -0.1) is 0 Å². The van der Waals surface area contributed by atoms with Crippen molar-refractivity contribution in [1.82, 2.24) is 10.2 Å². The Kier molecular flexibility index (Phi) is 14.1. The lowest BCUT2D eigenvalue weighted by Gasteiger charge is -2.46. The summed E-state index contributed by atoms with van der Waals surface area (Å²) in [7, 11) is 3.37. The maximum Gasteiger partial charge on any atom is 0.329 e. The van der Waals surface area contributed by atoms with Crippen LogP contribution in [-0.4, -0.2) is 104 Å². The number of methoxy groups -OCH3 is 3. The normalized spacial score (nSPS) is 22.2. The molecule has 2 fully saturated rings. The molecule has 3 N–H and O–H groups in total. The van der Waals surface area contributed by atoms with Crippen LogP contribution in [0.1, 0.15) is 66.3 Å². The first kappa shape index (κ1) is 47.4. The molecule has 4 aromatic rings. The summed E-state index contributed by atoms with van der Waals surface area (Å²) in [4.78, 5) is 101. The Balaban J connectivity index is 1.53. The maximum atomic E-state index is 16.1. The van der Waals surface area contributed by atoms with E-state index in [1.165, 1.54) is 18.2 Å². The molecular formula is C50H49N3O14. The van der Waals surface area contributed by atoms with E-state index in [9.17, 15) is 39.0 Å². The third kappa shape index (κ3) is 8.57. The Morgan fingerprint density at radius 3 is 1.97 bits per heavy atom. The van der Waals surface area contributed by atoms with Crippen molar-refractivity contribution < 1.29 is 67.5 Å². The minimum Gasteiger partial charge on any atom is -0.491 e. The highest BCUT2D eigenvalue weighted by molar-refractivity contribution is 6.24. The number of carbonyl (C=O) groups excluding carboxylic acids is 6. The molecule has 17 nitrogen and oxygen atoms in total. The van der Waals surface area contributed by atoms with Crippen LogP contribution < -0.4 is 15.0 Å². The van der Waals surface area contributed by atoms with Gasteiger partial charge < -0.3 is 39.2 Å². The number of hydrogen-bond donors (Lipinski definition) is 3. The van der Waals surface area contributed by atoms with Gasteiger partial charge in [0.05, 0.1) is 45.7 Å². The van der Waals surface area contributed by atoms with Crippen LogP contribution in [0.4, 0.5) is 10.5 Å². The van der Waals surface area contributed by atoms with E-state index in [1.807, 2.05) is 12.1 Å². The number of ether oxygens (including phenoxy) is 5. The van der Waals surface area contributed by atoms with Crippen LogP contribution in [0.15, 0.2) is 103 Å². The SMILES string of the molecule is COC(=O)C(CC#Cc1ccc2c(c1)C1(C(=O)N2C(=O)NC(C(=O)OC)C(C)C)C(C(=O)O)C2C(=O)OC(c3ccccc3)C(c3ccccc3)N2C1c1ccc(OCCO)cc1)C(=O)OC. The van der Waals surface area contributed by atoms with Gasteiger partial charge in [-0.2, -0.15) is 0 Å². The smallest absolute Gasteiger partial charge is 0.329 e. The molecule has 2 saturated heterocycles. The number of hydrogen-bond acceptors (Lipinski definition) is 14. The number of cyclic esters (lactones) is 1. The first-order valence-corrected chi connectivity index (χ1v) is 21.4. The average Bonchev–Trinajstić information content (AvgIpc) is 3.80. The zero-order chi connectivity index (χ0) is 48.2.